The molecule has 0 saturated carbocycles. The van der Waals surface area contributed by atoms with E-state index >= 15 is 0 Å². The molecule has 0 bridgehead atoms. The summed E-state index contributed by atoms with van der Waals surface area (Å²) in [6.07, 6.45) is 0.725. The number of ether oxygens (including phenoxy) is 1. The smallest absolute Gasteiger partial charge is 0.158 e. The monoisotopic (exact) mass is 317 g/mol. The van der Waals surface area contributed by atoms with Crippen molar-refractivity contribution in [3.8, 4) is 11.5 Å². The zero-order valence-electron chi connectivity index (χ0n) is 10.1. The Balaban J connectivity index is 1.77. The topological polar surface area (TPSA) is 30.8 Å². The molecule has 1 heterocycles. The van der Waals surface area contributed by atoms with Crippen LogP contribution < -0.4 is 4.74 Å². The number of halogens is 1. The molecule has 0 spiro atoms. The standard InChI is InChI=1S/C15H12BrNO2/c16-15-10-14(19-17-15)11-5-4-8-13(9-11)18-12-6-2-1-3-7-12/h1-9,14H,10H2/t14-/m0/s1. The molecule has 3 rings (SSSR count). The number of hydrogen-bond donors (Lipinski definition) is 0. The van der Waals surface area contributed by atoms with Gasteiger partial charge in [-0.15, -0.1) is 0 Å². The second-order valence-corrected chi connectivity index (χ2v) is 5.17. The Kier molecular flexibility index (Phi) is 3.51. The van der Waals surface area contributed by atoms with Crippen LogP contribution in [0.4, 0.5) is 0 Å². The molecule has 1 aliphatic heterocycles. The van der Waals surface area contributed by atoms with E-state index in [1.54, 1.807) is 0 Å². The molecule has 0 aliphatic carbocycles. The summed E-state index contributed by atoms with van der Waals surface area (Å²) in [6.45, 7) is 0. The average molecular weight is 318 g/mol. The molecule has 2 aromatic rings. The van der Waals surface area contributed by atoms with Crippen molar-refractivity contribution in [1.82, 2.24) is 0 Å². The molecule has 4 heteroatoms. The Morgan fingerprint density at radius 2 is 1.84 bits per heavy atom. The van der Waals surface area contributed by atoms with Crippen molar-refractivity contribution >= 4 is 20.6 Å². The molecule has 1 atom stereocenters. The van der Waals surface area contributed by atoms with Crippen LogP contribution in [0.3, 0.4) is 0 Å². The second kappa shape index (κ2) is 5.45. The average Bonchev–Trinajstić information content (AvgIpc) is 2.87. The molecule has 0 saturated heterocycles. The molecular weight excluding hydrogens is 306 g/mol. The Morgan fingerprint density at radius 3 is 2.58 bits per heavy atom. The molecule has 96 valence electrons. The minimum absolute atomic E-state index is 0.0336. The van der Waals surface area contributed by atoms with Crippen molar-refractivity contribution in [3.05, 3.63) is 60.2 Å². The fourth-order valence-electron chi connectivity index (χ4n) is 1.93. The Bertz CT molecular complexity index is 598. The quantitative estimate of drug-likeness (QED) is 0.825. The fraction of sp³-hybridized carbons (Fsp3) is 0.133. The summed E-state index contributed by atoms with van der Waals surface area (Å²) in [5, 5.41) is 3.90. The normalized spacial score (nSPS) is 17.7. The highest BCUT2D eigenvalue weighted by molar-refractivity contribution is 9.18. The van der Waals surface area contributed by atoms with E-state index in [2.05, 4.69) is 21.1 Å². The minimum atomic E-state index is -0.0336. The molecule has 19 heavy (non-hydrogen) atoms. The number of nitrogens with zero attached hydrogens (tertiary/aromatic N) is 1. The molecular formula is C15H12BrNO2. The first-order valence-electron chi connectivity index (χ1n) is 6.02. The van der Waals surface area contributed by atoms with Crippen molar-refractivity contribution in [1.29, 1.82) is 0 Å². The lowest BCUT2D eigenvalue weighted by molar-refractivity contribution is 0.0856. The Labute approximate surface area is 120 Å². The highest BCUT2D eigenvalue weighted by Gasteiger charge is 2.21. The van der Waals surface area contributed by atoms with E-state index in [4.69, 9.17) is 9.57 Å². The molecule has 0 amide bonds. The maximum atomic E-state index is 5.80. The number of benzene rings is 2. The van der Waals surface area contributed by atoms with E-state index in [-0.39, 0.29) is 6.10 Å². The largest absolute Gasteiger partial charge is 0.457 e. The van der Waals surface area contributed by atoms with Crippen LogP contribution in [0.25, 0.3) is 0 Å². The van der Waals surface area contributed by atoms with Gasteiger partial charge in [-0.1, -0.05) is 35.5 Å². The number of oxime groups is 1. The van der Waals surface area contributed by atoms with E-state index in [0.29, 0.717) is 0 Å². The van der Waals surface area contributed by atoms with Crippen LogP contribution in [0.5, 0.6) is 11.5 Å². The van der Waals surface area contributed by atoms with Gasteiger partial charge in [0.1, 0.15) is 16.1 Å². The molecule has 0 N–H and O–H groups in total. The van der Waals surface area contributed by atoms with E-state index < -0.39 is 0 Å². The van der Waals surface area contributed by atoms with E-state index in [9.17, 15) is 0 Å². The summed E-state index contributed by atoms with van der Waals surface area (Å²) in [7, 11) is 0. The van der Waals surface area contributed by atoms with Crippen LogP contribution in [0.1, 0.15) is 18.1 Å². The van der Waals surface area contributed by atoms with Crippen LogP contribution >= 0.6 is 15.9 Å². The molecule has 0 radical (unpaired) electrons. The van der Waals surface area contributed by atoms with Gasteiger partial charge in [0.2, 0.25) is 0 Å². The molecule has 2 aromatic carbocycles. The summed E-state index contributed by atoms with van der Waals surface area (Å²) in [4.78, 5) is 5.34. The number of rotatable bonds is 3. The predicted molar refractivity (Wildman–Crippen MR) is 77.8 cm³/mol. The highest BCUT2D eigenvalue weighted by Crippen LogP contribution is 2.31. The van der Waals surface area contributed by atoms with Crippen LogP contribution in [-0.2, 0) is 4.84 Å². The zero-order chi connectivity index (χ0) is 13.1. The number of para-hydroxylation sites is 1. The Morgan fingerprint density at radius 1 is 1.05 bits per heavy atom. The van der Waals surface area contributed by atoms with Gasteiger partial charge in [-0.05, 0) is 45.8 Å². The van der Waals surface area contributed by atoms with Gasteiger partial charge in [0.15, 0.2) is 6.10 Å². The van der Waals surface area contributed by atoms with Crippen molar-refractivity contribution in [2.75, 3.05) is 0 Å². The summed E-state index contributed by atoms with van der Waals surface area (Å²) in [5.41, 5.74) is 1.06. The van der Waals surface area contributed by atoms with Gasteiger partial charge in [-0.25, -0.2) is 0 Å². The molecule has 0 aromatic heterocycles. The first-order chi connectivity index (χ1) is 9.31. The van der Waals surface area contributed by atoms with Crippen LogP contribution in [0.15, 0.2) is 59.8 Å². The third kappa shape index (κ3) is 2.96. The van der Waals surface area contributed by atoms with Gasteiger partial charge >= 0.3 is 0 Å². The lowest BCUT2D eigenvalue weighted by Crippen LogP contribution is -1.97. The molecule has 0 fully saturated rings. The number of hydrogen-bond acceptors (Lipinski definition) is 3. The van der Waals surface area contributed by atoms with Gasteiger partial charge < -0.3 is 9.57 Å². The minimum Gasteiger partial charge on any atom is -0.457 e. The van der Waals surface area contributed by atoms with Crippen LogP contribution in [-0.4, -0.2) is 4.62 Å². The van der Waals surface area contributed by atoms with Gasteiger partial charge in [0.05, 0.1) is 0 Å². The maximum absolute atomic E-state index is 5.80. The van der Waals surface area contributed by atoms with Crippen molar-refractivity contribution in [2.45, 2.75) is 12.5 Å². The maximum Gasteiger partial charge on any atom is 0.158 e. The summed E-state index contributed by atoms with van der Waals surface area (Å²) >= 11 is 3.34. The van der Waals surface area contributed by atoms with Gasteiger partial charge in [0.25, 0.3) is 0 Å². The van der Waals surface area contributed by atoms with Gasteiger partial charge in [-0.3, -0.25) is 0 Å². The van der Waals surface area contributed by atoms with E-state index in [1.165, 1.54) is 0 Å². The van der Waals surface area contributed by atoms with Crippen LogP contribution in [0.2, 0.25) is 0 Å². The van der Waals surface area contributed by atoms with Crippen molar-refractivity contribution in [2.24, 2.45) is 5.16 Å². The van der Waals surface area contributed by atoms with E-state index in [1.807, 2.05) is 54.6 Å². The highest BCUT2D eigenvalue weighted by atomic mass is 79.9. The predicted octanol–water partition coefficient (Wildman–Crippen LogP) is 4.65. The van der Waals surface area contributed by atoms with Gasteiger partial charge in [-0.2, -0.15) is 0 Å². The molecule has 3 nitrogen and oxygen atoms in total. The first-order valence-corrected chi connectivity index (χ1v) is 6.81. The van der Waals surface area contributed by atoms with Crippen LogP contribution in [0, 0.1) is 0 Å². The summed E-state index contributed by atoms with van der Waals surface area (Å²) < 4.78 is 6.64. The van der Waals surface area contributed by atoms with Crippen molar-refractivity contribution < 1.29 is 9.57 Å². The lowest BCUT2D eigenvalue weighted by atomic mass is 10.1. The third-order valence-corrected chi connectivity index (χ3v) is 3.31. The SMILES string of the molecule is BrC1=NO[C@H](c2cccc(Oc3ccccc3)c2)C1. The summed E-state index contributed by atoms with van der Waals surface area (Å²) in [5.74, 6) is 1.62. The molecule has 0 unspecified atom stereocenters. The zero-order valence-corrected chi connectivity index (χ0v) is 11.7. The third-order valence-electron chi connectivity index (χ3n) is 2.84. The Hall–Kier alpha value is -1.81. The lowest BCUT2D eigenvalue weighted by Gasteiger charge is -2.11. The first kappa shape index (κ1) is 12.2. The summed E-state index contributed by atoms with van der Waals surface area (Å²) in [6, 6.07) is 17.6. The van der Waals surface area contributed by atoms with E-state index in [0.717, 1.165) is 28.1 Å². The molecule has 1 aliphatic rings. The second-order valence-electron chi connectivity index (χ2n) is 4.25. The van der Waals surface area contributed by atoms with Crippen molar-refractivity contribution in [3.63, 3.8) is 0 Å². The fourth-order valence-corrected chi connectivity index (χ4v) is 2.31. The van der Waals surface area contributed by atoms with Gasteiger partial charge in [0, 0.05) is 6.42 Å².